The third-order valence-corrected chi connectivity index (χ3v) is 2.38. The summed E-state index contributed by atoms with van der Waals surface area (Å²) in [7, 11) is 1.41. The molecule has 0 aliphatic carbocycles. The molecule has 0 saturated heterocycles. The smallest absolute Gasteiger partial charge is 0.160 e. The number of rotatable bonds is 4. The molecule has 0 spiro atoms. The highest BCUT2D eigenvalue weighted by Crippen LogP contribution is 2.30. The van der Waals surface area contributed by atoms with E-state index in [0.717, 1.165) is 0 Å². The molecule has 0 fully saturated rings. The first kappa shape index (κ1) is 12.1. The monoisotopic (exact) mass is 232 g/mol. The van der Waals surface area contributed by atoms with E-state index in [1.807, 2.05) is 0 Å². The normalized spacial score (nSPS) is 14.7. The fourth-order valence-corrected chi connectivity index (χ4v) is 1.35. The molecule has 15 heavy (non-hydrogen) atoms. The molecule has 0 heterocycles. The van der Waals surface area contributed by atoms with Crippen molar-refractivity contribution in [1.29, 1.82) is 0 Å². The van der Waals surface area contributed by atoms with Gasteiger partial charge in [-0.05, 0) is 17.7 Å². The van der Waals surface area contributed by atoms with Crippen molar-refractivity contribution in [2.45, 2.75) is 12.2 Å². The quantitative estimate of drug-likeness (QED) is 0.679. The maximum atomic E-state index is 9.63. The molecular formula is C10H13ClO4. The Balaban J connectivity index is 2.95. The average molecular weight is 233 g/mol. The fourth-order valence-electron chi connectivity index (χ4n) is 1.18. The predicted molar refractivity (Wildman–Crippen MR) is 56.3 cm³/mol. The van der Waals surface area contributed by atoms with Gasteiger partial charge in [-0.2, -0.15) is 0 Å². The highest BCUT2D eigenvalue weighted by Gasteiger charge is 2.18. The summed E-state index contributed by atoms with van der Waals surface area (Å²) in [6, 6.07) is 4.34. The van der Waals surface area contributed by atoms with Crippen LogP contribution in [0.5, 0.6) is 11.5 Å². The lowest BCUT2D eigenvalue weighted by molar-refractivity contribution is 0.0325. The summed E-state index contributed by atoms with van der Waals surface area (Å²) in [5, 5.41) is 28.3. The first-order valence-corrected chi connectivity index (χ1v) is 4.92. The number of aliphatic hydroxyl groups is 2. The van der Waals surface area contributed by atoms with Crippen LogP contribution in [0.2, 0.25) is 0 Å². The molecule has 2 atom stereocenters. The molecule has 0 aliphatic rings. The number of alkyl halides is 1. The van der Waals surface area contributed by atoms with Crippen LogP contribution >= 0.6 is 11.6 Å². The van der Waals surface area contributed by atoms with E-state index in [2.05, 4.69) is 0 Å². The van der Waals surface area contributed by atoms with Crippen molar-refractivity contribution in [3.8, 4) is 11.5 Å². The number of methoxy groups -OCH3 is 1. The third kappa shape index (κ3) is 2.75. The average Bonchev–Trinajstić information content (AvgIpc) is 2.27. The van der Waals surface area contributed by atoms with E-state index < -0.39 is 12.2 Å². The van der Waals surface area contributed by atoms with E-state index in [4.69, 9.17) is 16.3 Å². The SMILES string of the molecule is COc1cc(C(O)C(O)CCl)ccc1O. The summed E-state index contributed by atoms with van der Waals surface area (Å²) in [4.78, 5) is 0. The molecule has 4 nitrogen and oxygen atoms in total. The Hall–Kier alpha value is -0.970. The summed E-state index contributed by atoms with van der Waals surface area (Å²) in [6.07, 6.45) is -2.13. The molecule has 1 rings (SSSR count). The zero-order valence-electron chi connectivity index (χ0n) is 8.22. The molecule has 0 bridgehead atoms. The van der Waals surface area contributed by atoms with Crippen LogP contribution in [0.15, 0.2) is 18.2 Å². The van der Waals surface area contributed by atoms with Gasteiger partial charge in [-0.15, -0.1) is 11.6 Å². The topological polar surface area (TPSA) is 69.9 Å². The van der Waals surface area contributed by atoms with Gasteiger partial charge < -0.3 is 20.1 Å². The lowest BCUT2D eigenvalue weighted by Gasteiger charge is -2.16. The van der Waals surface area contributed by atoms with Gasteiger partial charge in [0.15, 0.2) is 11.5 Å². The summed E-state index contributed by atoms with van der Waals surface area (Å²) in [5.41, 5.74) is 0.442. The molecular weight excluding hydrogens is 220 g/mol. The molecule has 0 aliphatic heterocycles. The lowest BCUT2D eigenvalue weighted by Crippen LogP contribution is -2.19. The van der Waals surface area contributed by atoms with Crippen LogP contribution in [0.3, 0.4) is 0 Å². The minimum atomic E-state index is -1.09. The van der Waals surface area contributed by atoms with Gasteiger partial charge >= 0.3 is 0 Å². The van der Waals surface area contributed by atoms with Crippen LogP contribution in [0, 0.1) is 0 Å². The summed E-state index contributed by atoms with van der Waals surface area (Å²) < 4.78 is 4.87. The number of halogens is 1. The van der Waals surface area contributed by atoms with Gasteiger partial charge in [-0.1, -0.05) is 6.07 Å². The van der Waals surface area contributed by atoms with Gasteiger partial charge in [0.05, 0.1) is 19.1 Å². The summed E-state index contributed by atoms with van der Waals surface area (Å²) in [5.74, 6) is 0.159. The standard InChI is InChI=1S/C10H13ClO4/c1-15-9-4-6(2-3-7(9)12)10(14)8(13)5-11/h2-4,8,10,12-14H,5H2,1H3. The molecule has 1 aromatic carbocycles. The number of benzene rings is 1. The molecule has 0 amide bonds. The summed E-state index contributed by atoms with van der Waals surface area (Å²) >= 11 is 5.41. The van der Waals surface area contributed by atoms with E-state index in [0.29, 0.717) is 5.56 Å². The first-order valence-electron chi connectivity index (χ1n) is 4.39. The van der Waals surface area contributed by atoms with E-state index in [1.165, 1.54) is 25.3 Å². The van der Waals surface area contributed by atoms with Crippen LogP contribution in [0.25, 0.3) is 0 Å². The molecule has 5 heteroatoms. The molecule has 0 saturated carbocycles. The Bertz CT molecular complexity index is 329. The number of hydrogen-bond acceptors (Lipinski definition) is 4. The number of phenols is 1. The number of aromatic hydroxyl groups is 1. The maximum Gasteiger partial charge on any atom is 0.160 e. The Morgan fingerprint density at radius 1 is 1.40 bits per heavy atom. The van der Waals surface area contributed by atoms with Gasteiger partial charge in [-0.25, -0.2) is 0 Å². The minimum absolute atomic E-state index is 0.0196. The number of aliphatic hydroxyl groups excluding tert-OH is 2. The molecule has 1 aromatic rings. The van der Waals surface area contributed by atoms with E-state index in [1.54, 1.807) is 0 Å². The second-order valence-electron chi connectivity index (χ2n) is 3.10. The molecule has 84 valence electrons. The zero-order chi connectivity index (χ0) is 11.4. The van der Waals surface area contributed by atoms with Crippen LogP contribution in [-0.2, 0) is 0 Å². The van der Waals surface area contributed by atoms with Gasteiger partial charge in [0.1, 0.15) is 6.10 Å². The predicted octanol–water partition coefficient (Wildman–Crippen LogP) is 1.03. The van der Waals surface area contributed by atoms with Crippen LogP contribution in [0.1, 0.15) is 11.7 Å². The van der Waals surface area contributed by atoms with Gasteiger partial charge in [-0.3, -0.25) is 0 Å². The van der Waals surface area contributed by atoms with Crippen molar-refractivity contribution in [2.24, 2.45) is 0 Å². The van der Waals surface area contributed by atoms with E-state index in [9.17, 15) is 15.3 Å². The number of hydrogen-bond donors (Lipinski definition) is 3. The van der Waals surface area contributed by atoms with E-state index in [-0.39, 0.29) is 17.4 Å². The highest BCUT2D eigenvalue weighted by atomic mass is 35.5. The lowest BCUT2D eigenvalue weighted by atomic mass is 10.0. The highest BCUT2D eigenvalue weighted by molar-refractivity contribution is 6.18. The number of ether oxygens (including phenoxy) is 1. The van der Waals surface area contributed by atoms with Crippen LogP contribution in [-0.4, -0.2) is 34.4 Å². The Morgan fingerprint density at radius 3 is 2.60 bits per heavy atom. The molecule has 0 radical (unpaired) electrons. The summed E-state index contributed by atoms with van der Waals surface area (Å²) in [6.45, 7) is 0. The Kier molecular flexibility index (Phi) is 4.20. The van der Waals surface area contributed by atoms with Crippen molar-refractivity contribution >= 4 is 11.6 Å². The van der Waals surface area contributed by atoms with Crippen molar-refractivity contribution in [1.82, 2.24) is 0 Å². The molecule has 2 unspecified atom stereocenters. The van der Waals surface area contributed by atoms with Crippen LogP contribution in [0.4, 0.5) is 0 Å². The van der Waals surface area contributed by atoms with Crippen molar-refractivity contribution in [3.05, 3.63) is 23.8 Å². The zero-order valence-corrected chi connectivity index (χ0v) is 8.98. The van der Waals surface area contributed by atoms with Gasteiger partial charge in [0.25, 0.3) is 0 Å². The second-order valence-corrected chi connectivity index (χ2v) is 3.41. The van der Waals surface area contributed by atoms with Crippen LogP contribution < -0.4 is 4.74 Å². The molecule has 3 N–H and O–H groups in total. The van der Waals surface area contributed by atoms with Gasteiger partial charge in [0.2, 0.25) is 0 Å². The Morgan fingerprint density at radius 2 is 2.07 bits per heavy atom. The van der Waals surface area contributed by atoms with Crippen molar-refractivity contribution in [3.63, 3.8) is 0 Å². The number of phenolic OH excluding ortho intramolecular Hbond substituents is 1. The minimum Gasteiger partial charge on any atom is -0.504 e. The maximum absolute atomic E-state index is 9.63. The van der Waals surface area contributed by atoms with Gasteiger partial charge in [0, 0.05) is 0 Å². The van der Waals surface area contributed by atoms with Crippen molar-refractivity contribution < 1.29 is 20.1 Å². The Labute approximate surface area is 92.7 Å². The largest absolute Gasteiger partial charge is 0.504 e. The molecule has 0 aromatic heterocycles. The second kappa shape index (κ2) is 5.21. The van der Waals surface area contributed by atoms with E-state index >= 15 is 0 Å². The third-order valence-electron chi connectivity index (χ3n) is 2.07. The first-order chi connectivity index (χ1) is 7.10. The fraction of sp³-hybridized carbons (Fsp3) is 0.400. The van der Waals surface area contributed by atoms with Crippen molar-refractivity contribution in [2.75, 3.05) is 13.0 Å².